The maximum Gasteiger partial charge on any atom is 0.408 e. The van der Waals surface area contributed by atoms with Crippen LogP contribution in [0.25, 0.3) is 0 Å². The van der Waals surface area contributed by atoms with Gasteiger partial charge in [0.25, 0.3) is 0 Å². The summed E-state index contributed by atoms with van der Waals surface area (Å²) in [5, 5.41) is 2.66. The Balaban J connectivity index is 2.10. The second kappa shape index (κ2) is 5.63. The lowest BCUT2D eigenvalue weighted by Crippen LogP contribution is -2.43. The highest BCUT2D eigenvalue weighted by Gasteiger charge is 2.44. The third-order valence-corrected chi connectivity index (χ3v) is 3.57. The first-order valence-electron chi connectivity index (χ1n) is 6.45. The summed E-state index contributed by atoms with van der Waals surface area (Å²) in [5.74, 6) is -0.293. The zero-order chi connectivity index (χ0) is 13.0. The van der Waals surface area contributed by atoms with E-state index in [9.17, 15) is 13.2 Å². The summed E-state index contributed by atoms with van der Waals surface area (Å²) < 4.78 is 39.4. The molecule has 1 aliphatic rings. The third kappa shape index (κ3) is 3.40. The standard InChI is InChI=1S/C14H18F3N/c15-14(16,17)13(11-7-3-1-4-8-11)18-12-9-5-2-6-10-12/h2,5-6,9-11,13,18H,1,3-4,7-8H2. The van der Waals surface area contributed by atoms with E-state index in [-0.39, 0.29) is 5.92 Å². The minimum atomic E-state index is -4.18. The number of hydrogen-bond donors (Lipinski definition) is 1. The number of alkyl halides is 3. The van der Waals surface area contributed by atoms with E-state index in [1.54, 1.807) is 30.3 Å². The molecule has 1 atom stereocenters. The van der Waals surface area contributed by atoms with Crippen molar-refractivity contribution in [3.8, 4) is 0 Å². The van der Waals surface area contributed by atoms with Gasteiger partial charge in [-0.1, -0.05) is 37.5 Å². The molecular weight excluding hydrogens is 239 g/mol. The molecule has 1 aromatic rings. The topological polar surface area (TPSA) is 12.0 Å². The molecule has 0 radical (unpaired) electrons. The summed E-state index contributed by atoms with van der Waals surface area (Å²) >= 11 is 0. The second-order valence-corrected chi connectivity index (χ2v) is 4.93. The van der Waals surface area contributed by atoms with Gasteiger partial charge in [0.2, 0.25) is 0 Å². The van der Waals surface area contributed by atoms with Crippen molar-refractivity contribution < 1.29 is 13.2 Å². The molecule has 0 amide bonds. The van der Waals surface area contributed by atoms with Crippen molar-refractivity contribution in [2.75, 3.05) is 5.32 Å². The Hall–Kier alpha value is -1.19. The Kier molecular flexibility index (Phi) is 4.15. The number of halogens is 3. The molecule has 1 unspecified atom stereocenters. The smallest absolute Gasteiger partial charge is 0.374 e. The van der Waals surface area contributed by atoms with E-state index < -0.39 is 12.2 Å². The lowest BCUT2D eigenvalue weighted by molar-refractivity contribution is -0.155. The molecule has 100 valence electrons. The van der Waals surface area contributed by atoms with Crippen molar-refractivity contribution in [1.29, 1.82) is 0 Å². The number of benzene rings is 1. The SMILES string of the molecule is FC(F)(F)C(Nc1ccccc1)C1CCCCC1. The van der Waals surface area contributed by atoms with Gasteiger partial charge in [0.15, 0.2) is 0 Å². The third-order valence-electron chi connectivity index (χ3n) is 3.57. The first-order chi connectivity index (χ1) is 8.57. The van der Waals surface area contributed by atoms with Crippen molar-refractivity contribution in [3.05, 3.63) is 30.3 Å². The van der Waals surface area contributed by atoms with Crippen LogP contribution in [0.15, 0.2) is 30.3 Å². The Morgan fingerprint density at radius 3 is 2.17 bits per heavy atom. The monoisotopic (exact) mass is 257 g/mol. The number of para-hydroxylation sites is 1. The molecule has 0 aliphatic heterocycles. The summed E-state index contributed by atoms with van der Waals surface area (Å²) in [5.41, 5.74) is 0.547. The quantitative estimate of drug-likeness (QED) is 0.833. The molecule has 1 aliphatic carbocycles. The fourth-order valence-corrected chi connectivity index (χ4v) is 2.65. The first kappa shape index (κ1) is 13.2. The van der Waals surface area contributed by atoms with Gasteiger partial charge in [-0.2, -0.15) is 13.2 Å². The van der Waals surface area contributed by atoms with Crippen LogP contribution in [0.4, 0.5) is 18.9 Å². The van der Waals surface area contributed by atoms with E-state index in [1.807, 2.05) is 0 Å². The number of nitrogens with one attached hydrogen (secondary N) is 1. The van der Waals surface area contributed by atoms with E-state index in [0.717, 1.165) is 19.3 Å². The van der Waals surface area contributed by atoms with Gasteiger partial charge in [-0.25, -0.2) is 0 Å². The van der Waals surface area contributed by atoms with Gasteiger partial charge in [-0.3, -0.25) is 0 Å². The maximum atomic E-state index is 13.1. The van der Waals surface area contributed by atoms with Gasteiger partial charge in [-0.05, 0) is 30.9 Å². The molecule has 4 heteroatoms. The highest BCUT2D eigenvalue weighted by Crippen LogP contribution is 2.36. The molecule has 0 spiro atoms. The highest BCUT2D eigenvalue weighted by molar-refractivity contribution is 5.44. The fraction of sp³-hybridized carbons (Fsp3) is 0.571. The van der Waals surface area contributed by atoms with Crippen molar-refractivity contribution in [1.82, 2.24) is 0 Å². The largest absolute Gasteiger partial charge is 0.408 e. The van der Waals surface area contributed by atoms with E-state index in [4.69, 9.17) is 0 Å². The second-order valence-electron chi connectivity index (χ2n) is 4.93. The number of rotatable bonds is 3. The zero-order valence-electron chi connectivity index (χ0n) is 10.2. The average molecular weight is 257 g/mol. The van der Waals surface area contributed by atoms with E-state index >= 15 is 0 Å². The fourth-order valence-electron chi connectivity index (χ4n) is 2.65. The molecule has 0 aromatic heterocycles. The van der Waals surface area contributed by atoms with Gasteiger partial charge in [0.05, 0.1) is 0 Å². The predicted octanol–water partition coefficient (Wildman–Crippen LogP) is 4.61. The predicted molar refractivity (Wildman–Crippen MR) is 66.5 cm³/mol. The van der Waals surface area contributed by atoms with Crippen LogP contribution in [0.3, 0.4) is 0 Å². The maximum absolute atomic E-state index is 13.1. The van der Waals surface area contributed by atoms with Crippen LogP contribution in [-0.4, -0.2) is 12.2 Å². The normalized spacial score (nSPS) is 19.5. The van der Waals surface area contributed by atoms with Gasteiger partial charge >= 0.3 is 6.18 Å². The molecular formula is C14H18F3N. The Morgan fingerprint density at radius 1 is 1.00 bits per heavy atom. The lowest BCUT2D eigenvalue weighted by Gasteiger charge is -2.33. The van der Waals surface area contributed by atoms with Crippen molar-refractivity contribution in [2.24, 2.45) is 5.92 Å². The van der Waals surface area contributed by atoms with Crippen LogP contribution in [-0.2, 0) is 0 Å². The first-order valence-corrected chi connectivity index (χ1v) is 6.45. The van der Waals surface area contributed by atoms with Crippen molar-refractivity contribution in [2.45, 2.75) is 44.3 Å². The minimum Gasteiger partial charge on any atom is -0.374 e. The van der Waals surface area contributed by atoms with Crippen LogP contribution >= 0.6 is 0 Å². The van der Waals surface area contributed by atoms with Gasteiger partial charge in [-0.15, -0.1) is 0 Å². The molecule has 18 heavy (non-hydrogen) atoms. The lowest BCUT2D eigenvalue weighted by atomic mass is 9.83. The zero-order valence-corrected chi connectivity index (χ0v) is 10.2. The molecule has 1 N–H and O–H groups in total. The molecule has 2 rings (SSSR count). The van der Waals surface area contributed by atoms with Gasteiger partial charge in [0.1, 0.15) is 6.04 Å². The summed E-state index contributed by atoms with van der Waals surface area (Å²) in [6.45, 7) is 0. The summed E-state index contributed by atoms with van der Waals surface area (Å²) in [6, 6.07) is 7.24. The van der Waals surface area contributed by atoms with Crippen LogP contribution in [0, 0.1) is 5.92 Å². The summed E-state index contributed by atoms with van der Waals surface area (Å²) in [6.07, 6.45) is 0.0414. The summed E-state index contributed by atoms with van der Waals surface area (Å²) in [7, 11) is 0. The van der Waals surface area contributed by atoms with Crippen LogP contribution < -0.4 is 5.32 Å². The number of anilines is 1. The van der Waals surface area contributed by atoms with E-state index in [1.165, 1.54) is 0 Å². The molecule has 1 saturated carbocycles. The average Bonchev–Trinajstić information content (AvgIpc) is 2.37. The van der Waals surface area contributed by atoms with Gasteiger partial charge in [0, 0.05) is 5.69 Å². The van der Waals surface area contributed by atoms with Crippen LogP contribution in [0.2, 0.25) is 0 Å². The van der Waals surface area contributed by atoms with Crippen LogP contribution in [0.1, 0.15) is 32.1 Å². The number of hydrogen-bond acceptors (Lipinski definition) is 1. The molecule has 1 aromatic carbocycles. The Labute approximate surface area is 105 Å². The van der Waals surface area contributed by atoms with Gasteiger partial charge < -0.3 is 5.32 Å². The Morgan fingerprint density at radius 2 is 1.61 bits per heavy atom. The van der Waals surface area contributed by atoms with Crippen molar-refractivity contribution >= 4 is 5.69 Å². The molecule has 1 nitrogen and oxygen atoms in total. The van der Waals surface area contributed by atoms with E-state index in [2.05, 4.69) is 5.32 Å². The summed E-state index contributed by atoms with van der Waals surface area (Å²) in [4.78, 5) is 0. The molecule has 0 saturated heterocycles. The Bertz CT molecular complexity index is 355. The molecule has 0 bridgehead atoms. The molecule has 1 fully saturated rings. The van der Waals surface area contributed by atoms with Crippen molar-refractivity contribution in [3.63, 3.8) is 0 Å². The molecule has 0 heterocycles. The van der Waals surface area contributed by atoms with E-state index in [0.29, 0.717) is 18.5 Å². The van der Waals surface area contributed by atoms with Crippen LogP contribution in [0.5, 0.6) is 0 Å². The highest BCUT2D eigenvalue weighted by atomic mass is 19.4. The minimum absolute atomic E-state index is 0.293.